The zero-order valence-corrected chi connectivity index (χ0v) is 31.6. The van der Waals surface area contributed by atoms with Crippen LogP contribution in [0.1, 0.15) is 50.1 Å². The van der Waals surface area contributed by atoms with Crippen LogP contribution in [-0.4, -0.2) is 65.9 Å². The summed E-state index contributed by atoms with van der Waals surface area (Å²) in [7, 11) is -9.58. The molecule has 0 spiro atoms. The molecule has 282 valence electrons. The molecule has 0 aliphatic heterocycles. The lowest BCUT2D eigenvalue weighted by Gasteiger charge is -2.21. The van der Waals surface area contributed by atoms with Crippen LogP contribution in [0.4, 0.5) is 0 Å². The SMILES string of the molecule is CSCNC(=O)COc1c2cc(-c3ccccc3)cc1Cc1cc(S(=O)(=O)O)cc(c1O)Cc1cc(C)cc(c1O)Cc1cc(S(=O)(=O)O)cc(c1O)C2. The number of thioether (sulfide) groups is 1. The van der Waals surface area contributed by atoms with E-state index in [4.69, 9.17) is 4.74 Å². The van der Waals surface area contributed by atoms with Gasteiger partial charge in [-0.05, 0) is 83.0 Å². The summed E-state index contributed by atoms with van der Waals surface area (Å²) >= 11 is 1.38. The lowest BCUT2D eigenvalue weighted by atomic mass is 9.89. The predicted molar refractivity (Wildman–Crippen MR) is 204 cm³/mol. The van der Waals surface area contributed by atoms with Crippen LogP contribution in [0.5, 0.6) is 23.0 Å². The monoisotopic (exact) mass is 791 g/mol. The standard InChI is InChI=1S/C39H37NO11S3/c1-22-8-25-12-27-16-33(53(45,46)47)18-29(37(27)43)14-31-10-24(23-6-4-3-5-7-23)11-32(39(31)51-20-35(41)40-21-52-2)15-30-19-34(54(48,49)50)17-28(38(30)44)13-26(9-22)36(25)42/h3-11,16-19,42-44H,12-15,20-21H2,1-2H3,(H,40,41)(H,45,46,47)(H,48,49,50). The molecule has 1 amide bonds. The van der Waals surface area contributed by atoms with Gasteiger partial charge in [0.1, 0.15) is 23.0 Å². The lowest BCUT2D eigenvalue weighted by Crippen LogP contribution is -2.28. The quantitative estimate of drug-likeness (QED) is 0.0803. The molecular weight excluding hydrogens is 755 g/mol. The Morgan fingerprint density at radius 1 is 0.648 bits per heavy atom. The van der Waals surface area contributed by atoms with Gasteiger partial charge < -0.3 is 25.4 Å². The number of nitrogens with one attached hydrogen (secondary N) is 1. The number of phenols is 3. The summed E-state index contributed by atoms with van der Waals surface area (Å²) in [6, 6.07) is 20.4. The summed E-state index contributed by atoms with van der Waals surface area (Å²) in [4.78, 5) is 11.8. The van der Waals surface area contributed by atoms with Gasteiger partial charge in [0.05, 0.1) is 15.7 Å². The molecule has 0 unspecified atom stereocenters. The van der Waals surface area contributed by atoms with Crippen LogP contribution in [0.25, 0.3) is 11.1 Å². The van der Waals surface area contributed by atoms with Gasteiger partial charge in [0.15, 0.2) is 6.61 Å². The fraction of sp³-hybridized carbons (Fsp3) is 0.205. The second-order valence-corrected chi connectivity index (χ2v) is 16.8. The molecule has 6 N–H and O–H groups in total. The molecule has 12 nitrogen and oxygen atoms in total. The normalized spacial score (nSPS) is 13.0. The summed E-state index contributed by atoms with van der Waals surface area (Å²) in [5.41, 5.74) is 3.59. The second-order valence-electron chi connectivity index (χ2n) is 13.1. The molecule has 5 aromatic carbocycles. The molecule has 5 aromatic rings. The van der Waals surface area contributed by atoms with Gasteiger partial charge in [-0.3, -0.25) is 13.9 Å². The van der Waals surface area contributed by atoms with Crippen molar-refractivity contribution >= 4 is 37.9 Å². The van der Waals surface area contributed by atoms with Crippen molar-refractivity contribution in [3.63, 3.8) is 0 Å². The summed E-state index contributed by atoms with van der Waals surface area (Å²) in [5.74, 6) is -0.859. The molecule has 54 heavy (non-hydrogen) atoms. The highest BCUT2D eigenvalue weighted by Crippen LogP contribution is 2.41. The molecule has 0 saturated heterocycles. The molecule has 15 heteroatoms. The average Bonchev–Trinajstić information content (AvgIpc) is 3.11. The summed E-state index contributed by atoms with van der Waals surface area (Å²) in [6.45, 7) is 1.29. The van der Waals surface area contributed by atoms with Crippen molar-refractivity contribution in [3.8, 4) is 34.1 Å². The third-order valence-electron chi connectivity index (χ3n) is 9.13. The number of ether oxygens (including phenoxy) is 1. The molecule has 6 rings (SSSR count). The predicted octanol–water partition coefficient (Wildman–Crippen LogP) is 5.76. The van der Waals surface area contributed by atoms with E-state index in [2.05, 4.69) is 5.32 Å². The number of aryl methyl sites for hydroxylation is 1. The molecule has 1 aliphatic rings. The first-order chi connectivity index (χ1) is 25.5. The minimum absolute atomic E-state index is 0.0657. The summed E-state index contributed by atoms with van der Waals surface area (Å²) in [5, 5.41) is 37.6. The van der Waals surface area contributed by atoms with Gasteiger partial charge in [0.2, 0.25) is 0 Å². The molecule has 0 fully saturated rings. The Kier molecular flexibility index (Phi) is 11.0. The third kappa shape index (κ3) is 8.50. The number of carbonyl (C=O) groups is 1. The van der Waals surface area contributed by atoms with E-state index in [9.17, 15) is 46.1 Å². The van der Waals surface area contributed by atoms with E-state index < -0.39 is 42.5 Å². The first-order valence-electron chi connectivity index (χ1n) is 16.6. The fourth-order valence-corrected chi connectivity index (χ4v) is 8.13. The van der Waals surface area contributed by atoms with Crippen molar-refractivity contribution in [3.05, 3.63) is 129 Å². The van der Waals surface area contributed by atoms with Crippen molar-refractivity contribution in [2.75, 3.05) is 18.7 Å². The van der Waals surface area contributed by atoms with E-state index >= 15 is 0 Å². The molecule has 0 aromatic heterocycles. The van der Waals surface area contributed by atoms with Gasteiger partial charge in [-0.15, -0.1) is 11.8 Å². The van der Waals surface area contributed by atoms with E-state index in [0.29, 0.717) is 28.1 Å². The highest BCUT2D eigenvalue weighted by Gasteiger charge is 2.25. The van der Waals surface area contributed by atoms with Crippen LogP contribution < -0.4 is 10.1 Å². The Hall–Kier alpha value is -5.06. The Balaban J connectivity index is 1.69. The van der Waals surface area contributed by atoms with E-state index in [-0.39, 0.29) is 82.1 Å². The number of phenolic OH excluding ortho intramolecular Hbond substituents is 3. The zero-order valence-electron chi connectivity index (χ0n) is 29.2. The Morgan fingerprint density at radius 3 is 1.46 bits per heavy atom. The first kappa shape index (κ1) is 38.7. The molecule has 1 aliphatic carbocycles. The van der Waals surface area contributed by atoms with Gasteiger partial charge in [-0.2, -0.15) is 16.8 Å². The van der Waals surface area contributed by atoms with E-state index in [1.165, 1.54) is 11.8 Å². The topological polar surface area (TPSA) is 208 Å². The number of fused-ring (bicyclic) bond motifs is 8. The van der Waals surface area contributed by atoms with E-state index in [1.807, 2.05) is 30.3 Å². The number of carbonyl (C=O) groups excluding carboxylic acids is 1. The van der Waals surface area contributed by atoms with Crippen molar-refractivity contribution in [2.45, 2.75) is 42.4 Å². The lowest BCUT2D eigenvalue weighted by molar-refractivity contribution is -0.122. The average molecular weight is 792 g/mol. The molecular formula is C39H37NO11S3. The molecule has 0 heterocycles. The van der Waals surface area contributed by atoms with Gasteiger partial charge in [0.25, 0.3) is 26.1 Å². The van der Waals surface area contributed by atoms with E-state index in [0.717, 1.165) is 29.8 Å². The first-order valence-corrected chi connectivity index (χ1v) is 20.8. The van der Waals surface area contributed by atoms with Crippen molar-refractivity contribution in [1.82, 2.24) is 5.32 Å². The minimum atomic E-state index is -4.79. The molecule has 0 atom stereocenters. The van der Waals surface area contributed by atoms with Crippen molar-refractivity contribution < 1.29 is 50.8 Å². The molecule has 8 bridgehead atoms. The molecule has 0 saturated carbocycles. The maximum absolute atomic E-state index is 12.8. The van der Waals surface area contributed by atoms with Crippen molar-refractivity contribution in [1.29, 1.82) is 0 Å². The zero-order chi connectivity index (χ0) is 38.9. The van der Waals surface area contributed by atoms with Crippen LogP contribution in [-0.2, 0) is 50.7 Å². The maximum atomic E-state index is 12.8. The minimum Gasteiger partial charge on any atom is -0.507 e. The van der Waals surface area contributed by atoms with E-state index in [1.54, 1.807) is 37.4 Å². The van der Waals surface area contributed by atoms with Gasteiger partial charge in [-0.25, -0.2) is 0 Å². The van der Waals surface area contributed by atoms with Crippen molar-refractivity contribution in [2.24, 2.45) is 0 Å². The summed E-state index contributed by atoms with van der Waals surface area (Å²) in [6.07, 6.45) is 1.04. The highest BCUT2D eigenvalue weighted by molar-refractivity contribution is 7.98. The van der Waals surface area contributed by atoms with Crippen LogP contribution in [0, 0.1) is 6.92 Å². The number of aromatic hydroxyl groups is 3. The van der Waals surface area contributed by atoms with Crippen LogP contribution in [0.15, 0.2) is 88.7 Å². The highest BCUT2D eigenvalue weighted by atomic mass is 32.2. The van der Waals surface area contributed by atoms with Gasteiger partial charge in [-0.1, -0.05) is 48.0 Å². The second kappa shape index (κ2) is 15.4. The third-order valence-corrected chi connectivity index (χ3v) is 11.2. The van der Waals surface area contributed by atoms with Crippen LogP contribution in [0.3, 0.4) is 0 Å². The number of rotatable bonds is 8. The van der Waals surface area contributed by atoms with Gasteiger partial charge in [0, 0.05) is 47.9 Å². The number of hydrogen-bond acceptors (Lipinski definition) is 10. The number of amides is 1. The van der Waals surface area contributed by atoms with Crippen LogP contribution in [0.2, 0.25) is 0 Å². The van der Waals surface area contributed by atoms with Crippen LogP contribution >= 0.6 is 11.8 Å². The smallest absolute Gasteiger partial charge is 0.294 e. The fourth-order valence-electron chi connectivity index (χ4n) is 6.66. The van der Waals surface area contributed by atoms with Gasteiger partial charge >= 0.3 is 0 Å². The number of hydrogen-bond donors (Lipinski definition) is 6. The Labute approximate surface area is 317 Å². The Bertz CT molecular complexity index is 2370. The molecule has 0 radical (unpaired) electrons. The largest absolute Gasteiger partial charge is 0.507 e. The number of benzene rings is 5. The Morgan fingerprint density at radius 2 is 1.06 bits per heavy atom. The summed E-state index contributed by atoms with van der Waals surface area (Å²) < 4.78 is 76.9. The maximum Gasteiger partial charge on any atom is 0.294 e.